The lowest BCUT2D eigenvalue weighted by Gasteiger charge is -2.32. The predicted octanol–water partition coefficient (Wildman–Crippen LogP) is 3.59. The van der Waals surface area contributed by atoms with E-state index in [4.69, 9.17) is 4.42 Å². The Bertz CT molecular complexity index is 996. The summed E-state index contributed by atoms with van der Waals surface area (Å²) in [5, 5.41) is 3.65. The standard InChI is InChI=1S/C20H21F2N5O2/c1-20(21,22)11-27-4-2-13(3-5-27)19(28)26-18-7-14-6-15(17-10-23-12-29-17)8-24-16(14)9-25-18/h6-10,12-13H,2-5,11H2,1H3,(H,25,26,28). The van der Waals surface area contributed by atoms with Gasteiger partial charge in [-0.05, 0) is 38.1 Å². The Morgan fingerprint density at radius 1 is 1.24 bits per heavy atom. The molecule has 0 aliphatic carbocycles. The van der Waals surface area contributed by atoms with Gasteiger partial charge in [0.15, 0.2) is 12.2 Å². The summed E-state index contributed by atoms with van der Waals surface area (Å²) >= 11 is 0. The van der Waals surface area contributed by atoms with Crippen molar-refractivity contribution in [1.82, 2.24) is 19.9 Å². The van der Waals surface area contributed by atoms with Crippen molar-refractivity contribution < 1.29 is 18.0 Å². The van der Waals surface area contributed by atoms with Crippen molar-refractivity contribution in [3.8, 4) is 11.3 Å². The Morgan fingerprint density at radius 3 is 2.72 bits per heavy atom. The van der Waals surface area contributed by atoms with Crippen LogP contribution in [0.2, 0.25) is 0 Å². The van der Waals surface area contributed by atoms with Crippen LogP contribution in [-0.2, 0) is 4.79 Å². The van der Waals surface area contributed by atoms with E-state index in [0.29, 0.717) is 43.0 Å². The summed E-state index contributed by atoms with van der Waals surface area (Å²) in [4.78, 5) is 26.8. The van der Waals surface area contributed by atoms with E-state index in [2.05, 4.69) is 20.3 Å². The van der Waals surface area contributed by atoms with Crippen molar-refractivity contribution in [2.45, 2.75) is 25.7 Å². The number of nitrogens with zero attached hydrogens (tertiary/aromatic N) is 4. The van der Waals surface area contributed by atoms with Crippen LogP contribution in [0.15, 0.2) is 41.5 Å². The molecule has 9 heteroatoms. The number of aromatic nitrogens is 3. The lowest BCUT2D eigenvalue weighted by molar-refractivity contribution is -0.121. The second kappa shape index (κ2) is 7.82. The van der Waals surface area contributed by atoms with Gasteiger partial charge in [0.2, 0.25) is 5.91 Å². The highest BCUT2D eigenvalue weighted by atomic mass is 19.3. The van der Waals surface area contributed by atoms with Crippen LogP contribution in [0.1, 0.15) is 19.8 Å². The first kappa shape index (κ1) is 19.4. The van der Waals surface area contributed by atoms with Gasteiger partial charge in [-0.15, -0.1) is 0 Å². The number of rotatable bonds is 5. The molecule has 0 bridgehead atoms. The van der Waals surface area contributed by atoms with Crippen molar-refractivity contribution in [2.24, 2.45) is 5.92 Å². The molecule has 0 saturated carbocycles. The van der Waals surface area contributed by atoms with Gasteiger partial charge in [-0.3, -0.25) is 14.7 Å². The number of likely N-dealkylation sites (tertiary alicyclic amines) is 1. The number of carbonyl (C=O) groups is 1. The van der Waals surface area contributed by atoms with Crippen LogP contribution in [-0.4, -0.2) is 51.3 Å². The SMILES string of the molecule is CC(F)(F)CN1CCC(C(=O)Nc2cc3cc(-c4cnco4)cnc3cn2)CC1. The van der Waals surface area contributed by atoms with Crippen LogP contribution in [0.3, 0.4) is 0 Å². The van der Waals surface area contributed by atoms with E-state index in [1.165, 1.54) is 6.39 Å². The van der Waals surface area contributed by atoms with Crippen LogP contribution in [0.5, 0.6) is 0 Å². The Kier molecular flexibility index (Phi) is 5.23. The van der Waals surface area contributed by atoms with Crippen LogP contribution in [0, 0.1) is 5.92 Å². The fraction of sp³-hybridized carbons (Fsp3) is 0.400. The molecule has 3 aromatic rings. The van der Waals surface area contributed by atoms with Crippen molar-refractivity contribution in [2.75, 3.05) is 25.0 Å². The number of pyridine rings is 2. The van der Waals surface area contributed by atoms with Gasteiger partial charge in [0.25, 0.3) is 5.92 Å². The molecule has 152 valence electrons. The molecule has 0 atom stereocenters. The first-order valence-corrected chi connectivity index (χ1v) is 9.43. The molecular weight excluding hydrogens is 380 g/mol. The normalized spacial score (nSPS) is 16.2. The molecular formula is C20H21F2N5O2. The van der Waals surface area contributed by atoms with Crippen molar-refractivity contribution in [1.29, 1.82) is 0 Å². The first-order valence-electron chi connectivity index (χ1n) is 9.43. The van der Waals surface area contributed by atoms with E-state index in [1.54, 1.807) is 29.6 Å². The maximum atomic E-state index is 13.2. The number of carbonyl (C=O) groups excluding carboxylic acids is 1. The van der Waals surface area contributed by atoms with Crippen LogP contribution in [0.25, 0.3) is 22.2 Å². The second-order valence-corrected chi connectivity index (χ2v) is 7.46. The zero-order chi connectivity index (χ0) is 20.4. The zero-order valence-electron chi connectivity index (χ0n) is 15.9. The monoisotopic (exact) mass is 401 g/mol. The highest BCUT2D eigenvalue weighted by Crippen LogP contribution is 2.25. The second-order valence-electron chi connectivity index (χ2n) is 7.46. The summed E-state index contributed by atoms with van der Waals surface area (Å²) in [5.74, 6) is -2.04. The molecule has 1 amide bonds. The predicted molar refractivity (Wildman–Crippen MR) is 103 cm³/mol. The molecule has 0 radical (unpaired) electrons. The minimum atomic E-state index is -2.72. The maximum Gasteiger partial charge on any atom is 0.257 e. The molecule has 3 aromatic heterocycles. The number of piperidine rings is 1. The number of nitrogens with one attached hydrogen (secondary N) is 1. The quantitative estimate of drug-likeness (QED) is 0.703. The van der Waals surface area contributed by atoms with E-state index in [1.807, 2.05) is 6.07 Å². The molecule has 0 unspecified atom stereocenters. The Balaban J connectivity index is 1.42. The molecule has 7 nitrogen and oxygen atoms in total. The molecule has 1 saturated heterocycles. The Labute approximate surface area is 166 Å². The third kappa shape index (κ3) is 4.73. The lowest BCUT2D eigenvalue weighted by atomic mass is 9.95. The minimum absolute atomic E-state index is 0.140. The molecule has 4 heterocycles. The summed E-state index contributed by atoms with van der Waals surface area (Å²) in [6, 6.07) is 3.65. The van der Waals surface area contributed by atoms with Gasteiger partial charge in [-0.1, -0.05) is 0 Å². The van der Waals surface area contributed by atoms with E-state index >= 15 is 0 Å². The largest absolute Gasteiger partial charge is 0.443 e. The molecule has 4 rings (SSSR count). The average molecular weight is 401 g/mol. The molecule has 29 heavy (non-hydrogen) atoms. The van der Waals surface area contributed by atoms with Gasteiger partial charge in [-0.25, -0.2) is 18.7 Å². The Hall–Kier alpha value is -2.94. The third-order valence-electron chi connectivity index (χ3n) is 5.00. The van der Waals surface area contributed by atoms with Gasteiger partial charge in [0.1, 0.15) is 5.82 Å². The minimum Gasteiger partial charge on any atom is -0.443 e. The summed E-state index contributed by atoms with van der Waals surface area (Å²) < 4.78 is 31.6. The first-order chi connectivity index (χ1) is 13.9. The fourth-order valence-electron chi connectivity index (χ4n) is 3.57. The van der Waals surface area contributed by atoms with Gasteiger partial charge in [0, 0.05) is 30.0 Å². The van der Waals surface area contributed by atoms with Crippen molar-refractivity contribution in [3.63, 3.8) is 0 Å². The van der Waals surface area contributed by atoms with Gasteiger partial charge >= 0.3 is 0 Å². The molecule has 1 aliphatic heterocycles. The smallest absolute Gasteiger partial charge is 0.257 e. The van der Waals surface area contributed by atoms with Crippen molar-refractivity contribution >= 4 is 22.6 Å². The summed E-state index contributed by atoms with van der Waals surface area (Å²) in [6.07, 6.45) is 7.33. The van der Waals surface area contributed by atoms with Crippen LogP contribution >= 0.6 is 0 Å². The molecule has 1 aliphatic rings. The number of oxazole rings is 1. The average Bonchev–Trinajstić information content (AvgIpc) is 3.21. The molecule has 0 spiro atoms. The lowest BCUT2D eigenvalue weighted by Crippen LogP contribution is -2.42. The molecule has 1 N–H and O–H groups in total. The van der Waals surface area contributed by atoms with Crippen molar-refractivity contribution in [3.05, 3.63) is 37.1 Å². The van der Waals surface area contributed by atoms with Crippen LogP contribution in [0.4, 0.5) is 14.6 Å². The molecule has 1 fully saturated rings. The maximum absolute atomic E-state index is 13.2. The Morgan fingerprint density at radius 2 is 2.03 bits per heavy atom. The van der Waals surface area contributed by atoms with Gasteiger partial charge in [0.05, 0.1) is 24.5 Å². The number of hydrogen-bond donors (Lipinski definition) is 1. The summed E-state index contributed by atoms with van der Waals surface area (Å²) in [5.41, 5.74) is 1.47. The van der Waals surface area contributed by atoms with Crippen LogP contribution < -0.4 is 5.32 Å². The molecule has 0 aromatic carbocycles. The number of alkyl halides is 2. The van der Waals surface area contributed by atoms with E-state index in [-0.39, 0.29) is 18.4 Å². The fourth-order valence-corrected chi connectivity index (χ4v) is 3.57. The van der Waals surface area contributed by atoms with E-state index < -0.39 is 5.92 Å². The highest BCUT2D eigenvalue weighted by molar-refractivity contribution is 5.94. The number of anilines is 1. The third-order valence-corrected chi connectivity index (χ3v) is 5.00. The highest BCUT2D eigenvalue weighted by Gasteiger charge is 2.30. The number of fused-ring (bicyclic) bond motifs is 1. The zero-order valence-corrected chi connectivity index (χ0v) is 15.9. The topological polar surface area (TPSA) is 84.2 Å². The van der Waals surface area contributed by atoms with E-state index in [9.17, 15) is 13.6 Å². The van der Waals surface area contributed by atoms with Gasteiger partial charge in [-0.2, -0.15) is 0 Å². The van der Waals surface area contributed by atoms with Gasteiger partial charge < -0.3 is 9.73 Å². The summed E-state index contributed by atoms with van der Waals surface area (Å²) in [7, 11) is 0. The number of halogens is 2. The number of amides is 1. The summed E-state index contributed by atoms with van der Waals surface area (Å²) in [6.45, 7) is 1.61. The number of hydrogen-bond acceptors (Lipinski definition) is 6. The van der Waals surface area contributed by atoms with E-state index in [0.717, 1.165) is 17.9 Å².